The number of rotatable bonds is 5. The molecule has 0 aliphatic carbocycles. The second kappa shape index (κ2) is 5.97. The summed E-state index contributed by atoms with van der Waals surface area (Å²) in [6.45, 7) is 8.50. The zero-order valence-electron chi connectivity index (χ0n) is 9.24. The van der Waals surface area contributed by atoms with Crippen LogP contribution in [0.3, 0.4) is 0 Å². The SMILES string of the molecule is CNC(=O)CCCNCC(C)(C)C. The summed E-state index contributed by atoms with van der Waals surface area (Å²) in [7, 11) is 1.67. The molecule has 0 saturated heterocycles. The molecule has 3 nitrogen and oxygen atoms in total. The fourth-order valence-corrected chi connectivity index (χ4v) is 0.962. The molecule has 0 rings (SSSR count). The Morgan fingerprint density at radius 1 is 1.31 bits per heavy atom. The summed E-state index contributed by atoms with van der Waals surface area (Å²) in [5, 5.41) is 5.93. The molecule has 0 fully saturated rings. The van der Waals surface area contributed by atoms with Gasteiger partial charge >= 0.3 is 0 Å². The predicted octanol–water partition coefficient (Wildman–Crippen LogP) is 1.15. The van der Waals surface area contributed by atoms with Crippen molar-refractivity contribution in [2.45, 2.75) is 33.6 Å². The van der Waals surface area contributed by atoms with E-state index in [1.54, 1.807) is 7.05 Å². The Bertz CT molecular complexity index is 149. The highest BCUT2D eigenvalue weighted by Crippen LogP contribution is 2.09. The van der Waals surface area contributed by atoms with Gasteiger partial charge < -0.3 is 10.6 Å². The minimum atomic E-state index is 0.123. The van der Waals surface area contributed by atoms with Crippen molar-refractivity contribution in [3.63, 3.8) is 0 Å². The van der Waals surface area contributed by atoms with Crippen molar-refractivity contribution in [3.05, 3.63) is 0 Å². The molecule has 0 unspecified atom stereocenters. The van der Waals surface area contributed by atoms with Crippen molar-refractivity contribution < 1.29 is 4.79 Å². The Morgan fingerprint density at radius 3 is 2.38 bits per heavy atom. The van der Waals surface area contributed by atoms with Crippen molar-refractivity contribution in [1.82, 2.24) is 10.6 Å². The number of nitrogens with one attached hydrogen (secondary N) is 2. The maximum absolute atomic E-state index is 10.8. The lowest BCUT2D eigenvalue weighted by molar-refractivity contribution is -0.120. The van der Waals surface area contributed by atoms with E-state index in [9.17, 15) is 4.79 Å². The quantitative estimate of drug-likeness (QED) is 0.632. The molecule has 3 heteroatoms. The highest BCUT2D eigenvalue weighted by atomic mass is 16.1. The normalized spacial score (nSPS) is 11.4. The highest BCUT2D eigenvalue weighted by molar-refractivity contribution is 5.75. The van der Waals surface area contributed by atoms with E-state index in [0.29, 0.717) is 11.8 Å². The number of carbonyl (C=O) groups excluding carboxylic acids is 1. The minimum Gasteiger partial charge on any atom is -0.359 e. The molecule has 0 aromatic carbocycles. The third-order valence-electron chi connectivity index (χ3n) is 1.69. The monoisotopic (exact) mass is 186 g/mol. The Hall–Kier alpha value is -0.570. The van der Waals surface area contributed by atoms with Crippen molar-refractivity contribution in [2.24, 2.45) is 5.41 Å². The van der Waals surface area contributed by atoms with Gasteiger partial charge in [0, 0.05) is 13.5 Å². The van der Waals surface area contributed by atoms with Gasteiger partial charge in [-0.25, -0.2) is 0 Å². The average Bonchev–Trinajstić information content (AvgIpc) is 2.01. The topological polar surface area (TPSA) is 41.1 Å². The van der Waals surface area contributed by atoms with E-state index >= 15 is 0 Å². The lowest BCUT2D eigenvalue weighted by Gasteiger charge is -2.18. The van der Waals surface area contributed by atoms with E-state index in [-0.39, 0.29) is 5.91 Å². The van der Waals surface area contributed by atoms with Gasteiger partial charge in [-0.15, -0.1) is 0 Å². The smallest absolute Gasteiger partial charge is 0.219 e. The fourth-order valence-electron chi connectivity index (χ4n) is 0.962. The zero-order chi connectivity index (χ0) is 10.3. The molecule has 0 saturated carbocycles. The Kier molecular flexibility index (Phi) is 5.71. The van der Waals surface area contributed by atoms with Gasteiger partial charge in [-0.1, -0.05) is 20.8 Å². The lowest BCUT2D eigenvalue weighted by Crippen LogP contribution is -2.28. The van der Waals surface area contributed by atoms with Crippen LogP contribution >= 0.6 is 0 Å². The van der Waals surface area contributed by atoms with E-state index in [0.717, 1.165) is 19.5 Å². The van der Waals surface area contributed by atoms with Crippen molar-refractivity contribution in [2.75, 3.05) is 20.1 Å². The van der Waals surface area contributed by atoms with E-state index < -0.39 is 0 Å². The summed E-state index contributed by atoms with van der Waals surface area (Å²) in [5.41, 5.74) is 0.326. The van der Waals surface area contributed by atoms with Gasteiger partial charge in [-0.05, 0) is 24.9 Å². The second-order valence-electron chi connectivity index (χ2n) is 4.51. The first-order chi connectivity index (χ1) is 5.95. The summed E-state index contributed by atoms with van der Waals surface area (Å²) < 4.78 is 0. The molecule has 0 bridgehead atoms. The molecule has 2 N–H and O–H groups in total. The van der Waals surface area contributed by atoms with Crippen LogP contribution in [0.25, 0.3) is 0 Å². The van der Waals surface area contributed by atoms with Crippen LogP contribution in [0.15, 0.2) is 0 Å². The van der Waals surface area contributed by atoms with Gasteiger partial charge in [0.1, 0.15) is 0 Å². The maximum atomic E-state index is 10.8. The van der Waals surface area contributed by atoms with E-state index in [2.05, 4.69) is 31.4 Å². The van der Waals surface area contributed by atoms with Gasteiger partial charge in [0.25, 0.3) is 0 Å². The van der Waals surface area contributed by atoms with Crippen LogP contribution in [-0.4, -0.2) is 26.0 Å². The summed E-state index contributed by atoms with van der Waals surface area (Å²) in [6, 6.07) is 0. The van der Waals surface area contributed by atoms with Gasteiger partial charge in [0.2, 0.25) is 5.91 Å². The van der Waals surface area contributed by atoms with Crippen LogP contribution < -0.4 is 10.6 Å². The van der Waals surface area contributed by atoms with Crippen LogP contribution in [0.4, 0.5) is 0 Å². The standard InChI is InChI=1S/C10H22N2O/c1-10(2,3)8-12-7-5-6-9(13)11-4/h12H,5-8H2,1-4H3,(H,11,13). The van der Waals surface area contributed by atoms with Gasteiger partial charge in [0.15, 0.2) is 0 Å². The summed E-state index contributed by atoms with van der Waals surface area (Å²) in [5.74, 6) is 0.123. The first kappa shape index (κ1) is 12.4. The number of hydrogen-bond acceptors (Lipinski definition) is 2. The third kappa shape index (κ3) is 9.34. The lowest BCUT2D eigenvalue weighted by atomic mass is 9.97. The van der Waals surface area contributed by atoms with Gasteiger partial charge in [-0.2, -0.15) is 0 Å². The molecular weight excluding hydrogens is 164 g/mol. The Morgan fingerprint density at radius 2 is 1.92 bits per heavy atom. The van der Waals surface area contributed by atoms with Crippen molar-refractivity contribution >= 4 is 5.91 Å². The number of carbonyl (C=O) groups is 1. The highest BCUT2D eigenvalue weighted by Gasteiger charge is 2.08. The van der Waals surface area contributed by atoms with Crippen molar-refractivity contribution in [1.29, 1.82) is 0 Å². The number of amides is 1. The Labute approximate surface area is 81.3 Å². The third-order valence-corrected chi connectivity index (χ3v) is 1.69. The first-order valence-corrected chi connectivity index (χ1v) is 4.87. The summed E-state index contributed by atoms with van der Waals surface area (Å²) in [6.07, 6.45) is 1.53. The van der Waals surface area contributed by atoms with Gasteiger partial charge in [0.05, 0.1) is 0 Å². The molecule has 78 valence electrons. The van der Waals surface area contributed by atoms with E-state index in [1.807, 2.05) is 0 Å². The number of hydrogen-bond donors (Lipinski definition) is 2. The molecule has 0 aromatic heterocycles. The maximum Gasteiger partial charge on any atom is 0.219 e. The van der Waals surface area contributed by atoms with Crippen LogP contribution in [0, 0.1) is 5.41 Å². The molecule has 0 spiro atoms. The zero-order valence-corrected chi connectivity index (χ0v) is 9.24. The molecule has 0 radical (unpaired) electrons. The second-order valence-corrected chi connectivity index (χ2v) is 4.51. The minimum absolute atomic E-state index is 0.123. The molecular formula is C10H22N2O. The van der Waals surface area contributed by atoms with Crippen LogP contribution in [-0.2, 0) is 4.79 Å². The summed E-state index contributed by atoms with van der Waals surface area (Å²) >= 11 is 0. The van der Waals surface area contributed by atoms with Crippen LogP contribution in [0.2, 0.25) is 0 Å². The van der Waals surface area contributed by atoms with Crippen LogP contribution in [0.5, 0.6) is 0 Å². The van der Waals surface area contributed by atoms with E-state index in [4.69, 9.17) is 0 Å². The first-order valence-electron chi connectivity index (χ1n) is 4.87. The molecule has 13 heavy (non-hydrogen) atoms. The molecule has 0 atom stereocenters. The molecule has 1 amide bonds. The van der Waals surface area contributed by atoms with Crippen molar-refractivity contribution in [3.8, 4) is 0 Å². The Balaban J connectivity index is 3.22. The van der Waals surface area contributed by atoms with E-state index in [1.165, 1.54) is 0 Å². The van der Waals surface area contributed by atoms with Crippen LogP contribution in [0.1, 0.15) is 33.6 Å². The molecule has 0 aliphatic rings. The molecule has 0 aliphatic heterocycles. The largest absolute Gasteiger partial charge is 0.359 e. The fraction of sp³-hybridized carbons (Fsp3) is 0.900. The molecule has 0 heterocycles. The van der Waals surface area contributed by atoms with Gasteiger partial charge in [-0.3, -0.25) is 4.79 Å². The summed E-state index contributed by atoms with van der Waals surface area (Å²) in [4.78, 5) is 10.8. The molecule has 0 aromatic rings. The predicted molar refractivity (Wildman–Crippen MR) is 55.6 cm³/mol. The average molecular weight is 186 g/mol.